The minimum atomic E-state index is -2.44. The number of hydrogen-bond donors (Lipinski definition) is 0. The van der Waals surface area contributed by atoms with Crippen LogP contribution in [0.2, 0.25) is 17.3 Å². The molecule has 275 valence electrons. The van der Waals surface area contributed by atoms with E-state index in [1.54, 1.807) is 19.9 Å². The van der Waals surface area contributed by atoms with Crippen LogP contribution in [-0.2, 0) is 32.9 Å². The summed E-state index contributed by atoms with van der Waals surface area (Å²) in [4.78, 5) is 13.2. The molecule has 7 rings (SSSR count). The molecule has 4 heterocycles. The number of nitrogens with zero attached hydrogens (tertiary/aromatic N) is 3. The van der Waals surface area contributed by atoms with Gasteiger partial charge < -0.3 is 9.40 Å². The van der Waals surface area contributed by atoms with Crippen LogP contribution in [-0.4, -0.2) is 28.2 Å². The molecule has 52 heavy (non-hydrogen) atoms. The molecule has 0 atom stereocenters. The molecule has 7 heteroatoms. The van der Waals surface area contributed by atoms with Crippen molar-refractivity contribution < 1.29 is 39.9 Å². The number of fused-ring (bicyclic) bond motifs is 3. The minimum Gasteiger partial charge on any atom is 0 e. The van der Waals surface area contributed by atoms with Crippen LogP contribution >= 0.6 is 0 Å². The number of furan rings is 1. The fourth-order valence-electron chi connectivity index (χ4n) is 6.52. The molecule has 0 amide bonds. The molecule has 1 fully saturated rings. The molecule has 0 saturated heterocycles. The fraction of sp³-hybridized carbons (Fsp3) is 0.400. The van der Waals surface area contributed by atoms with Gasteiger partial charge in [-0.05, 0) is 59.4 Å². The van der Waals surface area contributed by atoms with Gasteiger partial charge in [-0.15, -0.1) is 12.1 Å². The Labute approximate surface area is 337 Å². The Morgan fingerprint density at radius 1 is 1.02 bits per heavy atom. The molecule has 1 aliphatic carbocycles. The predicted molar refractivity (Wildman–Crippen MR) is 213 cm³/mol. The van der Waals surface area contributed by atoms with Crippen molar-refractivity contribution >= 4 is 39.7 Å². The van der Waals surface area contributed by atoms with Crippen LogP contribution in [0.1, 0.15) is 99.5 Å². The molecule has 6 aromatic rings. The average Bonchev–Trinajstić information content (AvgIpc) is 3.84. The van der Waals surface area contributed by atoms with Gasteiger partial charge in [0.05, 0.1) is 5.58 Å². The van der Waals surface area contributed by atoms with E-state index in [9.17, 15) is 4.39 Å². The third-order valence-corrected chi connectivity index (χ3v) is 13.2. The molecular weight excluding hydrogens is 882 g/mol. The molecule has 0 aliphatic heterocycles. The van der Waals surface area contributed by atoms with Gasteiger partial charge >= 0.3 is 135 Å². The zero-order valence-electron chi connectivity index (χ0n) is 39.2. The smallest absolute Gasteiger partial charge is 0 e. The van der Waals surface area contributed by atoms with E-state index in [0.29, 0.717) is 27.8 Å². The zero-order valence-corrected chi connectivity index (χ0v) is 35.7. The first-order chi connectivity index (χ1) is 27.2. The van der Waals surface area contributed by atoms with E-state index >= 15 is 0 Å². The first kappa shape index (κ1) is 30.2. The van der Waals surface area contributed by atoms with Gasteiger partial charge in [-0.25, -0.2) is 4.98 Å². The van der Waals surface area contributed by atoms with E-state index in [2.05, 4.69) is 44.4 Å². The summed E-state index contributed by atoms with van der Waals surface area (Å²) in [6, 6.07) is 21.3. The van der Waals surface area contributed by atoms with Crippen molar-refractivity contribution in [3.63, 3.8) is 0 Å². The van der Waals surface area contributed by atoms with Crippen molar-refractivity contribution in [1.29, 1.82) is 0 Å². The summed E-state index contributed by atoms with van der Waals surface area (Å²) >= 11 is -2.24. The number of rotatable bonds is 7. The molecule has 2 aromatic carbocycles. The Hall–Kier alpha value is -3.19. The topological polar surface area (TPSA) is 51.8 Å². The number of pyridine rings is 3. The van der Waals surface area contributed by atoms with Crippen LogP contribution in [0.25, 0.3) is 44.6 Å². The second kappa shape index (κ2) is 16.4. The molecule has 1 radical (unpaired) electrons. The summed E-state index contributed by atoms with van der Waals surface area (Å²) in [7, 11) is 0. The first-order valence-electron chi connectivity index (χ1n) is 21.7. The monoisotopic (exact) mass is 944 g/mol. The number of hydrogen-bond acceptors (Lipinski definition) is 4. The summed E-state index contributed by atoms with van der Waals surface area (Å²) < 4.78 is 88.9. The SMILES string of the molecule is [2H]C([2H])([2H])c1ccc2c(n1)oc1c(-c3cc(C([2H])([2H])C4CCCC4)c(C([2H])(C)C)cn3)[c-]cc(F)c12.[2H]C([2H])(c1cc(-c2[c-]cccc2)nc[c]1[Ge]([CH3])([CH3])[CH3])C(C)(C)C.[Ir]. The summed E-state index contributed by atoms with van der Waals surface area (Å²) in [5, 5.41) is 0.464. The van der Waals surface area contributed by atoms with Crippen molar-refractivity contribution in [1.82, 2.24) is 15.0 Å². The number of aromatic nitrogens is 3. The molecule has 0 unspecified atom stereocenters. The molecule has 4 aromatic heterocycles. The number of aryl methyl sites for hydroxylation is 1. The van der Waals surface area contributed by atoms with Crippen LogP contribution in [0.5, 0.6) is 0 Å². The van der Waals surface area contributed by atoms with E-state index in [1.165, 1.54) is 24.4 Å². The van der Waals surface area contributed by atoms with Crippen LogP contribution in [0.3, 0.4) is 0 Å². The van der Waals surface area contributed by atoms with E-state index in [0.717, 1.165) is 46.9 Å². The molecule has 0 N–H and O–H groups in total. The fourth-order valence-corrected chi connectivity index (χ4v) is 9.44. The van der Waals surface area contributed by atoms with Crippen LogP contribution in [0.15, 0.2) is 71.4 Å². The van der Waals surface area contributed by atoms with Crippen LogP contribution < -0.4 is 4.40 Å². The second-order valence-electron chi connectivity index (χ2n) is 15.6. The number of benzene rings is 2. The summed E-state index contributed by atoms with van der Waals surface area (Å²) in [6.07, 6.45) is 3.83. The Balaban J connectivity index is 0.000000247. The summed E-state index contributed by atoms with van der Waals surface area (Å²) in [5.41, 5.74) is 3.51. The third-order valence-electron chi connectivity index (χ3n) is 8.98. The second-order valence-corrected chi connectivity index (χ2v) is 26.2. The zero-order chi connectivity index (χ0) is 43.5. The van der Waals surface area contributed by atoms with Gasteiger partial charge in [-0.3, -0.25) is 4.39 Å². The van der Waals surface area contributed by atoms with Crippen molar-refractivity contribution in [3.05, 3.63) is 107 Å². The summed E-state index contributed by atoms with van der Waals surface area (Å²) in [5.74, 6) is 5.01. The predicted octanol–water partition coefficient (Wildman–Crippen LogP) is 11.8. The molecular formula is C45H52FGeIrN3O-2. The van der Waals surface area contributed by atoms with Crippen molar-refractivity contribution in [2.24, 2.45) is 11.3 Å². The van der Waals surface area contributed by atoms with E-state index in [-0.39, 0.29) is 48.4 Å². The number of halogens is 1. The Bertz CT molecular complexity index is 2480. The van der Waals surface area contributed by atoms with Gasteiger partial charge in [0.25, 0.3) is 0 Å². The maximum Gasteiger partial charge on any atom is 0 e. The molecule has 0 bridgehead atoms. The average molecular weight is 943 g/mol. The Morgan fingerprint density at radius 2 is 1.75 bits per heavy atom. The maximum absolute atomic E-state index is 14.9. The van der Waals surface area contributed by atoms with Crippen molar-refractivity contribution in [3.8, 4) is 22.5 Å². The largest absolute Gasteiger partial charge is 0 e. The Kier molecular flexibility index (Phi) is 9.54. The minimum absolute atomic E-state index is 0. The van der Waals surface area contributed by atoms with Gasteiger partial charge in [-0.1, -0.05) is 51.2 Å². The molecule has 0 spiro atoms. The van der Waals surface area contributed by atoms with Crippen molar-refractivity contribution in [2.45, 2.75) is 103 Å². The maximum atomic E-state index is 14.9. The quantitative estimate of drug-likeness (QED) is 0.118. The van der Waals surface area contributed by atoms with Gasteiger partial charge in [-0.2, -0.15) is 0 Å². The third kappa shape index (κ3) is 9.29. The first-order valence-corrected chi connectivity index (χ1v) is 25.0. The van der Waals surface area contributed by atoms with Gasteiger partial charge in [0.2, 0.25) is 5.71 Å². The van der Waals surface area contributed by atoms with E-state index < -0.39 is 50.0 Å². The van der Waals surface area contributed by atoms with Gasteiger partial charge in [0.15, 0.2) is 0 Å². The van der Waals surface area contributed by atoms with Crippen LogP contribution in [0, 0.1) is 36.1 Å². The van der Waals surface area contributed by atoms with E-state index in [1.807, 2.05) is 57.3 Å². The normalized spacial score (nSPS) is 17.0. The van der Waals surface area contributed by atoms with Gasteiger partial charge in [0, 0.05) is 51.4 Å². The standard InChI is InChI=1S/C26H26FN2O.C19H26GeN.Ir/c1-15(2)21-14-28-23(13-18(21)12-17-6-4-5-7-17)19-10-11-22(27)24-20-9-8-16(3)29-26(20)30-25(19)24;1-19(2,3)13-16-12-18(15-10-8-7-9-11-15)21-14-17(16)20(4,5)6;/h8-9,11,13-15,17H,4-7,12H2,1-3H3;7-10,12,14H,13H2,1-6H3;/q2*-1;/i3D3,12D2,15D;13D2;. The Morgan fingerprint density at radius 3 is 2.40 bits per heavy atom. The summed E-state index contributed by atoms with van der Waals surface area (Å²) in [6.45, 7) is 6.84. The van der Waals surface area contributed by atoms with Crippen LogP contribution in [0.4, 0.5) is 4.39 Å². The van der Waals surface area contributed by atoms with Gasteiger partial charge in [0.1, 0.15) is 0 Å². The van der Waals surface area contributed by atoms with Crippen molar-refractivity contribution in [2.75, 3.05) is 0 Å². The molecule has 1 aliphatic rings. The molecule has 1 saturated carbocycles. The molecule has 4 nitrogen and oxygen atoms in total. The van der Waals surface area contributed by atoms with E-state index in [4.69, 9.17) is 15.4 Å².